The summed E-state index contributed by atoms with van der Waals surface area (Å²) in [7, 11) is 1.47. The Morgan fingerprint density at radius 2 is 2.20 bits per heavy atom. The van der Waals surface area contributed by atoms with Crippen LogP contribution in [0.3, 0.4) is 0 Å². The molecule has 2 N–H and O–H groups in total. The van der Waals surface area contributed by atoms with Crippen molar-refractivity contribution in [3.05, 3.63) is 34.6 Å². The van der Waals surface area contributed by atoms with Crippen LogP contribution in [0.4, 0.5) is 4.39 Å². The van der Waals surface area contributed by atoms with Gasteiger partial charge in [0.25, 0.3) is 0 Å². The Bertz CT molecular complexity index is 502. The lowest BCUT2D eigenvalue weighted by Crippen LogP contribution is -2.39. The van der Waals surface area contributed by atoms with Gasteiger partial charge in [-0.05, 0) is 12.1 Å². The summed E-state index contributed by atoms with van der Waals surface area (Å²) in [6, 6.07) is 4.12. The van der Waals surface area contributed by atoms with Crippen molar-refractivity contribution in [2.24, 2.45) is 5.10 Å². The minimum absolute atomic E-state index is 0.0225. The first-order valence-corrected chi connectivity index (χ1v) is 5.98. The largest absolute Gasteiger partial charge is 0.383 e. The molecule has 1 aromatic carbocycles. The number of hydrogen-bond donors (Lipinski definition) is 2. The van der Waals surface area contributed by atoms with Gasteiger partial charge in [-0.15, -0.1) is 0 Å². The summed E-state index contributed by atoms with van der Waals surface area (Å²) >= 11 is 5.75. The first-order chi connectivity index (χ1) is 9.56. The zero-order valence-electron chi connectivity index (χ0n) is 10.7. The number of hydrogen-bond acceptors (Lipinski definition) is 4. The molecule has 20 heavy (non-hydrogen) atoms. The van der Waals surface area contributed by atoms with Crippen molar-refractivity contribution in [1.82, 2.24) is 10.7 Å². The molecule has 0 saturated heterocycles. The van der Waals surface area contributed by atoms with Gasteiger partial charge in [0, 0.05) is 19.2 Å². The molecule has 1 aromatic rings. The number of halogens is 2. The molecule has 6 nitrogen and oxygen atoms in total. The number of rotatable bonds is 5. The average Bonchev–Trinajstić information content (AvgIpc) is 2.42. The van der Waals surface area contributed by atoms with Gasteiger partial charge in [0.15, 0.2) is 0 Å². The lowest BCUT2D eigenvalue weighted by molar-refractivity contribution is -0.139. The fraction of sp³-hybridized carbons (Fsp3) is 0.250. The minimum atomic E-state index is -0.968. The normalized spacial score (nSPS) is 10.6. The van der Waals surface area contributed by atoms with Gasteiger partial charge in [0.1, 0.15) is 5.82 Å². The molecule has 0 radical (unpaired) electrons. The highest BCUT2D eigenvalue weighted by atomic mass is 35.5. The summed E-state index contributed by atoms with van der Waals surface area (Å²) in [6.07, 6.45) is 1.03. The highest BCUT2D eigenvalue weighted by molar-refractivity contribution is 6.35. The van der Waals surface area contributed by atoms with E-state index in [9.17, 15) is 14.0 Å². The van der Waals surface area contributed by atoms with Gasteiger partial charge in [-0.25, -0.2) is 9.82 Å². The Hall–Kier alpha value is -1.99. The molecule has 0 atom stereocenters. The predicted octanol–water partition coefficient (Wildman–Crippen LogP) is 0.692. The Balaban J connectivity index is 2.52. The Labute approximate surface area is 119 Å². The third kappa shape index (κ3) is 4.94. The van der Waals surface area contributed by atoms with Gasteiger partial charge >= 0.3 is 11.8 Å². The van der Waals surface area contributed by atoms with Crippen molar-refractivity contribution < 1.29 is 18.7 Å². The van der Waals surface area contributed by atoms with Crippen LogP contribution in [0.1, 0.15) is 5.56 Å². The first-order valence-electron chi connectivity index (χ1n) is 5.60. The molecule has 0 aromatic heterocycles. The highest BCUT2D eigenvalue weighted by Gasteiger charge is 2.11. The molecule has 0 saturated carbocycles. The van der Waals surface area contributed by atoms with E-state index < -0.39 is 17.6 Å². The molecule has 0 aliphatic carbocycles. The van der Waals surface area contributed by atoms with Crippen molar-refractivity contribution in [2.45, 2.75) is 0 Å². The highest BCUT2D eigenvalue weighted by Crippen LogP contribution is 2.16. The molecular weight excluding hydrogens is 289 g/mol. The van der Waals surface area contributed by atoms with E-state index in [1.165, 1.54) is 25.3 Å². The van der Waals surface area contributed by atoms with E-state index in [1.54, 1.807) is 0 Å². The molecule has 0 fully saturated rings. The van der Waals surface area contributed by atoms with E-state index >= 15 is 0 Å². The summed E-state index contributed by atoms with van der Waals surface area (Å²) in [5, 5.41) is 5.92. The topological polar surface area (TPSA) is 79.8 Å². The van der Waals surface area contributed by atoms with Crippen LogP contribution in [0, 0.1) is 5.82 Å². The fourth-order valence-electron chi connectivity index (χ4n) is 1.19. The second kappa shape index (κ2) is 8.23. The van der Waals surface area contributed by atoms with Crippen LogP contribution in [0.2, 0.25) is 5.02 Å². The second-order valence-corrected chi connectivity index (χ2v) is 3.99. The van der Waals surface area contributed by atoms with E-state index in [1.807, 2.05) is 5.43 Å². The molecular formula is C12H13ClFN3O3. The SMILES string of the molecule is COCCNC(=O)C(=O)N/N=C/c1c(F)cccc1Cl. The molecule has 0 unspecified atom stereocenters. The quantitative estimate of drug-likeness (QED) is 0.363. The summed E-state index contributed by atoms with van der Waals surface area (Å²) in [6.45, 7) is 0.485. The van der Waals surface area contributed by atoms with E-state index in [0.29, 0.717) is 0 Å². The molecule has 108 valence electrons. The summed E-state index contributed by atoms with van der Waals surface area (Å²) < 4.78 is 18.1. The van der Waals surface area contributed by atoms with Crippen LogP contribution in [0.15, 0.2) is 23.3 Å². The maximum Gasteiger partial charge on any atom is 0.329 e. The van der Waals surface area contributed by atoms with Gasteiger partial charge in [-0.3, -0.25) is 9.59 Å². The van der Waals surface area contributed by atoms with Gasteiger partial charge in [0.05, 0.1) is 17.8 Å². The van der Waals surface area contributed by atoms with Crippen LogP contribution in [-0.4, -0.2) is 38.3 Å². The lowest BCUT2D eigenvalue weighted by atomic mass is 10.2. The number of methoxy groups -OCH3 is 1. The van der Waals surface area contributed by atoms with E-state index in [0.717, 1.165) is 6.21 Å². The van der Waals surface area contributed by atoms with Crippen molar-refractivity contribution in [3.8, 4) is 0 Å². The molecule has 8 heteroatoms. The van der Waals surface area contributed by atoms with Crippen molar-refractivity contribution in [3.63, 3.8) is 0 Å². The molecule has 0 spiro atoms. The predicted molar refractivity (Wildman–Crippen MR) is 72.0 cm³/mol. The second-order valence-electron chi connectivity index (χ2n) is 3.58. The third-order valence-corrected chi connectivity index (χ3v) is 2.49. The van der Waals surface area contributed by atoms with E-state index in [2.05, 4.69) is 10.4 Å². The van der Waals surface area contributed by atoms with Crippen LogP contribution < -0.4 is 10.7 Å². The van der Waals surface area contributed by atoms with Crippen LogP contribution in [-0.2, 0) is 14.3 Å². The standard InChI is InChI=1S/C12H13ClFN3O3/c1-20-6-5-15-11(18)12(19)17-16-7-8-9(13)3-2-4-10(8)14/h2-4,7H,5-6H2,1H3,(H,15,18)(H,17,19)/b16-7+. The molecule has 2 amide bonds. The summed E-state index contributed by atoms with van der Waals surface area (Å²) in [5.41, 5.74) is 1.99. The monoisotopic (exact) mass is 301 g/mol. The van der Waals surface area contributed by atoms with Crippen molar-refractivity contribution in [2.75, 3.05) is 20.3 Å². The first kappa shape index (κ1) is 16.1. The molecule has 1 rings (SSSR count). The smallest absolute Gasteiger partial charge is 0.329 e. The summed E-state index contributed by atoms with van der Waals surface area (Å²) in [4.78, 5) is 22.5. The lowest BCUT2D eigenvalue weighted by Gasteiger charge is -2.03. The number of hydrazone groups is 1. The average molecular weight is 302 g/mol. The number of benzene rings is 1. The van der Waals surface area contributed by atoms with Gasteiger partial charge in [-0.1, -0.05) is 17.7 Å². The number of ether oxygens (including phenoxy) is 1. The Morgan fingerprint density at radius 3 is 2.85 bits per heavy atom. The molecule has 0 aliphatic heterocycles. The minimum Gasteiger partial charge on any atom is -0.383 e. The number of carbonyl (C=O) groups is 2. The zero-order valence-corrected chi connectivity index (χ0v) is 11.4. The van der Waals surface area contributed by atoms with Gasteiger partial charge in [-0.2, -0.15) is 5.10 Å². The van der Waals surface area contributed by atoms with Crippen LogP contribution >= 0.6 is 11.6 Å². The number of carbonyl (C=O) groups excluding carboxylic acids is 2. The number of amides is 2. The maximum absolute atomic E-state index is 13.4. The summed E-state index contributed by atoms with van der Waals surface area (Å²) in [5.74, 6) is -2.41. The Kier molecular flexibility index (Phi) is 6.61. The zero-order chi connectivity index (χ0) is 15.0. The van der Waals surface area contributed by atoms with E-state index in [4.69, 9.17) is 16.3 Å². The van der Waals surface area contributed by atoms with Crippen molar-refractivity contribution >= 4 is 29.6 Å². The van der Waals surface area contributed by atoms with Gasteiger partial charge < -0.3 is 10.1 Å². The fourth-order valence-corrected chi connectivity index (χ4v) is 1.40. The van der Waals surface area contributed by atoms with E-state index in [-0.39, 0.29) is 23.7 Å². The molecule has 0 bridgehead atoms. The van der Waals surface area contributed by atoms with Gasteiger partial charge in [0.2, 0.25) is 0 Å². The van der Waals surface area contributed by atoms with Crippen LogP contribution in [0.25, 0.3) is 0 Å². The Morgan fingerprint density at radius 1 is 1.45 bits per heavy atom. The third-order valence-electron chi connectivity index (χ3n) is 2.16. The number of nitrogens with one attached hydrogen (secondary N) is 2. The number of nitrogens with zero attached hydrogens (tertiary/aromatic N) is 1. The van der Waals surface area contributed by atoms with Crippen molar-refractivity contribution in [1.29, 1.82) is 0 Å². The molecule has 0 aliphatic rings. The molecule has 0 heterocycles. The van der Waals surface area contributed by atoms with Crippen LogP contribution in [0.5, 0.6) is 0 Å². The maximum atomic E-state index is 13.4.